The zero-order valence-electron chi connectivity index (χ0n) is 17.7. The number of hydrogen-bond donors (Lipinski definition) is 2. The molecule has 2 aliphatic heterocycles. The predicted molar refractivity (Wildman–Crippen MR) is 112 cm³/mol. The van der Waals surface area contributed by atoms with Crippen molar-refractivity contribution in [2.45, 2.75) is 26.3 Å². The van der Waals surface area contributed by atoms with Crippen molar-refractivity contribution in [2.24, 2.45) is 0 Å². The van der Waals surface area contributed by atoms with Crippen molar-refractivity contribution < 1.29 is 18.8 Å². The smallest absolute Gasteiger partial charge is 0.322 e. The largest absolute Gasteiger partial charge is 0.353 e. The fraction of sp³-hybridized carbons (Fsp3) is 0.364. The van der Waals surface area contributed by atoms with E-state index in [0.29, 0.717) is 26.2 Å². The van der Waals surface area contributed by atoms with Crippen molar-refractivity contribution >= 4 is 23.7 Å². The number of amides is 4. The van der Waals surface area contributed by atoms with Crippen LogP contribution in [0.25, 0.3) is 0 Å². The first-order valence-electron chi connectivity index (χ1n) is 10.1. The van der Waals surface area contributed by atoms with E-state index in [9.17, 15) is 18.8 Å². The molecule has 0 aliphatic carbocycles. The topological polar surface area (TPSA) is 94.6 Å². The maximum Gasteiger partial charge on any atom is 0.322 e. The molecule has 0 spiro atoms. The molecule has 31 heavy (non-hydrogen) atoms. The molecular formula is C22H24FN5O3. The standard InChI is InChI=1S/C22H24FN5O3/c1-13-10-14(2)18(24-12-13)27-6-8-28(9-7-27)19(29)15-4-5-16(17(23)11-15)22(3)20(30)25-21(31)26-22/h4-5,10-12H,6-9H2,1-3H3,(H2,25,26,30,31). The molecule has 2 saturated heterocycles. The number of nitrogens with one attached hydrogen (secondary N) is 2. The van der Waals surface area contributed by atoms with Crippen LogP contribution in [-0.2, 0) is 10.3 Å². The molecule has 8 nitrogen and oxygen atoms in total. The quantitative estimate of drug-likeness (QED) is 0.732. The second kappa shape index (κ2) is 7.64. The lowest BCUT2D eigenvalue weighted by atomic mass is 9.91. The molecule has 2 N–H and O–H groups in total. The van der Waals surface area contributed by atoms with Crippen LogP contribution in [0.4, 0.5) is 15.0 Å². The number of nitrogens with zero attached hydrogens (tertiary/aromatic N) is 3. The Morgan fingerprint density at radius 3 is 2.42 bits per heavy atom. The normalized spacial score (nSPS) is 21.2. The number of carbonyl (C=O) groups excluding carboxylic acids is 3. The minimum atomic E-state index is -1.51. The highest BCUT2D eigenvalue weighted by Gasteiger charge is 2.45. The lowest BCUT2D eigenvalue weighted by Gasteiger charge is -2.36. The Kier molecular flexibility index (Phi) is 5.12. The summed E-state index contributed by atoms with van der Waals surface area (Å²) in [5, 5.41) is 4.54. The number of aryl methyl sites for hydroxylation is 2. The van der Waals surface area contributed by atoms with Crippen LogP contribution in [0.5, 0.6) is 0 Å². The third kappa shape index (κ3) is 3.71. The SMILES string of the molecule is Cc1cnc(N2CCN(C(=O)c3ccc(C4(C)NC(=O)NC4=O)c(F)c3)CC2)c(C)c1. The lowest BCUT2D eigenvalue weighted by Crippen LogP contribution is -2.49. The molecule has 0 radical (unpaired) electrons. The maximum atomic E-state index is 14.8. The third-order valence-corrected chi connectivity index (χ3v) is 5.85. The maximum absolute atomic E-state index is 14.8. The van der Waals surface area contributed by atoms with Gasteiger partial charge < -0.3 is 15.1 Å². The minimum Gasteiger partial charge on any atom is -0.353 e. The van der Waals surface area contributed by atoms with Crippen LogP contribution in [0.1, 0.15) is 34.0 Å². The van der Waals surface area contributed by atoms with Crippen molar-refractivity contribution in [3.05, 3.63) is 58.5 Å². The number of rotatable bonds is 3. The average molecular weight is 425 g/mol. The van der Waals surface area contributed by atoms with Crippen LogP contribution in [0.2, 0.25) is 0 Å². The van der Waals surface area contributed by atoms with E-state index >= 15 is 0 Å². The van der Waals surface area contributed by atoms with Gasteiger partial charge in [0, 0.05) is 43.5 Å². The number of urea groups is 1. The first kappa shape index (κ1) is 20.8. The molecule has 4 amide bonds. The van der Waals surface area contributed by atoms with Crippen LogP contribution in [0, 0.1) is 19.7 Å². The Morgan fingerprint density at radius 2 is 1.84 bits per heavy atom. The van der Waals surface area contributed by atoms with Gasteiger partial charge in [-0.3, -0.25) is 14.9 Å². The lowest BCUT2D eigenvalue weighted by molar-refractivity contribution is -0.123. The number of hydrogen-bond acceptors (Lipinski definition) is 5. The van der Waals surface area contributed by atoms with E-state index in [2.05, 4.69) is 26.6 Å². The van der Waals surface area contributed by atoms with Gasteiger partial charge in [-0.2, -0.15) is 0 Å². The molecule has 3 heterocycles. The van der Waals surface area contributed by atoms with Gasteiger partial charge in [0.05, 0.1) is 0 Å². The fourth-order valence-corrected chi connectivity index (χ4v) is 4.13. The molecule has 1 aromatic heterocycles. The predicted octanol–water partition coefficient (Wildman–Crippen LogP) is 1.85. The molecule has 1 aromatic carbocycles. The van der Waals surface area contributed by atoms with Gasteiger partial charge >= 0.3 is 6.03 Å². The average Bonchev–Trinajstić information content (AvgIpc) is 2.99. The first-order chi connectivity index (χ1) is 14.7. The van der Waals surface area contributed by atoms with E-state index in [0.717, 1.165) is 23.0 Å². The van der Waals surface area contributed by atoms with E-state index in [1.54, 1.807) is 4.90 Å². The summed E-state index contributed by atoms with van der Waals surface area (Å²) in [4.78, 5) is 44.8. The van der Waals surface area contributed by atoms with Crippen molar-refractivity contribution in [1.82, 2.24) is 20.5 Å². The number of aromatic nitrogens is 1. The molecule has 1 atom stereocenters. The molecule has 0 saturated carbocycles. The Labute approximate surface area is 179 Å². The molecule has 9 heteroatoms. The Bertz CT molecular complexity index is 1080. The highest BCUT2D eigenvalue weighted by molar-refractivity contribution is 6.07. The number of carbonyl (C=O) groups is 3. The van der Waals surface area contributed by atoms with Gasteiger partial charge in [0.1, 0.15) is 17.2 Å². The molecule has 0 bridgehead atoms. The Morgan fingerprint density at radius 1 is 1.13 bits per heavy atom. The minimum absolute atomic E-state index is 0.0122. The van der Waals surface area contributed by atoms with Crippen molar-refractivity contribution in [3.8, 4) is 0 Å². The monoisotopic (exact) mass is 425 g/mol. The van der Waals surface area contributed by atoms with Gasteiger partial charge in [0.25, 0.3) is 11.8 Å². The van der Waals surface area contributed by atoms with Crippen LogP contribution >= 0.6 is 0 Å². The van der Waals surface area contributed by atoms with Crippen LogP contribution in [0.15, 0.2) is 30.5 Å². The van der Waals surface area contributed by atoms with Gasteiger partial charge in [0.15, 0.2) is 0 Å². The number of anilines is 1. The zero-order chi connectivity index (χ0) is 22.3. The summed E-state index contributed by atoms with van der Waals surface area (Å²) in [6.45, 7) is 7.69. The molecule has 1 unspecified atom stereocenters. The molecule has 4 rings (SSSR count). The summed E-state index contributed by atoms with van der Waals surface area (Å²) >= 11 is 0. The zero-order valence-corrected chi connectivity index (χ0v) is 17.7. The Balaban J connectivity index is 1.46. The van der Waals surface area contributed by atoms with Crippen molar-refractivity contribution in [1.29, 1.82) is 0 Å². The second-order valence-electron chi connectivity index (χ2n) is 8.16. The van der Waals surface area contributed by atoms with E-state index in [-0.39, 0.29) is 17.0 Å². The highest BCUT2D eigenvalue weighted by Crippen LogP contribution is 2.28. The van der Waals surface area contributed by atoms with Crippen LogP contribution < -0.4 is 15.5 Å². The van der Waals surface area contributed by atoms with Crippen molar-refractivity contribution in [3.63, 3.8) is 0 Å². The van der Waals surface area contributed by atoms with Crippen LogP contribution in [-0.4, -0.2) is 53.9 Å². The number of piperazine rings is 1. The van der Waals surface area contributed by atoms with Gasteiger partial charge in [-0.15, -0.1) is 0 Å². The van der Waals surface area contributed by atoms with Crippen LogP contribution in [0.3, 0.4) is 0 Å². The summed E-state index contributed by atoms with van der Waals surface area (Å²) < 4.78 is 14.8. The first-order valence-corrected chi connectivity index (χ1v) is 10.1. The molecule has 162 valence electrons. The second-order valence-corrected chi connectivity index (χ2v) is 8.16. The van der Waals surface area contributed by atoms with Gasteiger partial charge in [-0.05, 0) is 44.0 Å². The summed E-state index contributed by atoms with van der Waals surface area (Å²) in [5.41, 5.74) is 0.900. The molecule has 2 fully saturated rings. The summed E-state index contributed by atoms with van der Waals surface area (Å²) in [7, 11) is 0. The fourth-order valence-electron chi connectivity index (χ4n) is 4.13. The highest BCUT2D eigenvalue weighted by atomic mass is 19.1. The summed E-state index contributed by atoms with van der Waals surface area (Å²) in [6.07, 6.45) is 1.83. The number of halogens is 1. The van der Waals surface area contributed by atoms with E-state index in [1.165, 1.54) is 19.1 Å². The summed E-state index contributed by atoms with van der Waals surface area (Å²) in [5.74, 6) is -0.711. The van der Waals surface area contributed by atoms with E-state index < -0.39 is 23.3 Å². The van der Waals surface area contributed by atoms with Gasteiger partial charge in [0.2, 0.25) is 0 Å². The van der Waals surface area contributed by atoms with Gasteiger partial charge in [-0.25, -0.2) is 14.2 Å². The molecule has 2 aliphatic rings. The summed E-state index contributed by atoms with van der Waals surface area (Å²) in [6, 6.07) is 5.39. The number of imide groups is 1. The number of benzene rings is 1. The van der Waals surface area contributed by atoms with E-state index in [1.807, 2.05) is 20.0 Å². The molecule has 2 aromatic rings. The van der Waals surface area contributed by atoms with Gasteiger partial charge in [-0.1, -0.05) is 12.1 Å². The van der Waals surface area contributed by atoms with Crippen molar-refractivity contribution in [2.75, 3.05) is 31.1 Å². The Hall–Kier alpha value is -3.49. The van der Waals surface area contributed by atoms with E-state index in [4.69, 9.17) is 0 Å². The molecular weight excluding hydrogens is 401 g/mol. The third-order valence-electron chi connectivity index (χ3n) is 5.85. The number of pyridine rings is 1.